The average molecular weight is 644 g/mol. The van der Waals surface area contributed by atoms with Crippen LogP contribution >= 0.6 is 0 Å². The van der Waals surface area contributed by atoms with Crippen LogP contribution in [0.2, 0.25) is 0 Å². The van der Waals surface area contributed by atoms with Gasteiger partial charge in [-0.1, -0.05) is 127 Å². The number of hydrogen-bond donors (Lipinski definition) is 1. The Hall–Kier alpha value is -6.72. The van der Waals surface area contributed by atoms with Gasteiger partial charge in [-0.2, -0.15) is 0 Å². The number of aromatic nitrogens is 2. The first-order valence-corrected chi connectivity index (χ1v) is 16.8. The summed E-state index contributed by atoms with van der Waals surface area (Å²) in [6.45, 7) is 0.461. The van der Waals surface area contributed by atoms with Gasteiger partial charge in [-0.25, -0.2) is 4.99 Å². The molecule has 0 atom stereocenters. The van der Waals surface area contributed by atoms with Crippen LogP contribution in [0.1, 0.15) is 16.7 Å². The summed E-state index contributed by atoms with van der Waals surface area (Å²) in [4.78, 5) is 10.4. The van der Waals surface area contributed by atoms with E-state index < -0.39 is 0 Å². The van der Waals surface area contributed by atoms with Crippen molar-refractivity contribution in [3.05, 3.63) is 193 Å². The fourth-order valence-corrected chi connectivity index (χ4v) is 7.21. The number of amidine groups is 2. The highest BCUT2D eigenvalue weighted by molar-refractivity contribution is 6.16. The standard InChI is InChI=1S/C45H33N5/c46-44(36-22-8-14-28-42(36)49-38-24-10-4-18-32(38)33-19-5-11-25-39(33)49)48-45(47-30-31-16-2-1-3-17-31)37-23-9-15-29-43(37)50-40-26-12-6-20-34(40)35-21-7-13-27-41(35)50/h1-29H,30H2,(H2,46,47,48). The average Bonchev–Trinajstić information content (AvgIpc) is 3.70. The van der Waals surface area contributed by atoms with Gasteiger partial charge >= 0.3 is 0 Å². The van der Waals surface area contributed by atoms with Crippen LogP contribution < -0.4 is 5.73 Å². The van der Waals surface area contributed by atoms with Crippen LogP contribution in [-0.4, -0.2) is 20.8 Å². The normalized spacial score (nSPS) is 12.4. The number of fused-ring (bicyclic) bond motifs is 6. The highest BCUT2D eigenvalue weighted by atomic mass is 15.0. The molecule has 2 N–H and O–H groups in total. The zero-order valence-corrected chi connectivity index (χ0v) is 27.3. The molecule has 0 aliphatic rings. The first-order chi connectivity index (χ1) is 24.8. The minimum Gasteiger partial charge on any atom is -0.383 e. The van der Waals surface area contributed by atoms with Gasteiger partial charge in [-0.15, -0.1) is 0 Å². The molecule has 2 heterocycles. The lowest BCUT2D eigenvalue weighted by Gasteiger charge is -2.16. The second-order valence-electron chi connectivity index (χ2n) is 12.4. The van der Waals surface area contributed by atoms with Gasteiger partial charge in [0.15, 0.2) is 5.84 Å². The molecule has 5 heteroatoms. The number of nitrogens with zero attached hydrogens (tertiary/aromatic N) is 4. The molecule has 0 unspecified atom stereocenters. The lowest BCUT2D eigenvalue weighted by atomic mass is 10.1. The van der Waals surface area contributed by atoms with E-state index in [1.807, 2.05) is 36.4 Å². The maximum absolute atomic E-state index is 7.10. The molecule has 9 aromatic rings. The number of para-hydroxylation sites is 6. The van der Waals surface area contributed by atoms with E-state index in [1.54, 1.807) is 0 Å². The zero-order valence-electron chi connectivity index (χ0n) is 27.3. The Morgan fingerprint density at radius 1 is 0.420 bits per heavy atom. The molecule has 0 aliphatic carbocycles. The van der Waals surface area contributed by atoms with Crippen LogP contribution in [0.3, 0.4) is 0 Å². The number of rotatable bonds is 6. The van der Waals surface area contributed by atoms with E-state index in [9.17, 15) is 0 Å². The van der Waals surface area contributed by atoms with Crippen LogP contribution in [0.5, 0.6) is 0 Å². The smallest absolute Gasteiger partial charge is 0.159 e. The van der Waals surface area contributed by atoms with Crippen molar-refractivity contribution in [2.75, 3.05) is 0 Å². The Bertz CT molecular complexity index is 2640. The van der Waals surface area contributed by atoms with Crippen LogP contribution in [-0.2, 0) is 6.54 Å². The van der Waals surface area contributed by atoms with Gasteiger partial charge in [0.2, 0.25) is 0 Å². The quantitative estimate of drug-likeness (QED) is 0.142. The Labute approximate surface area is 289 Å². The van der Waals surface area contributed by atoms with Gasteiger partial charge in [-0.3, -0.25) is 4.99 Å². The second-order valence-corrected chi connectivity index (χ2v) is 12.4. The van der Waals surface area contributed by atoms with E-state index in [0.29, 0.717) is 18.2 Å². The van der Waals surface area contributed by atoms with Gasteiger partial charge in [-0.05, 0) is 54.1 Å². The van der Waals surface area contributed by atoms with Gasteiger partial charge in [0.05, 0.1) is 40.0 Å². The summed E-state index contributed by atoms with van der Waals surface area (Å²) in [5.74, 6) is 0.965. The molecule has 5 nitrogen and oxygen atoms in total. The van der Waals surface area contributed by atoms with Crippen LogP contribution in [0.15, 0.2) is 186 Å². The van der Waals surface area contributed by atoms with Crippen LogP contribution in [0, 0.1) is 0 Å². The topological polar surface area (TPSA) is 60.6 Å². The molecule has 0 bridgehead atoms. The summed E-state index contributed by atoms with van der Waals surface area (Å²) in [7, 11) is 0. The van der Waals surface area contributed by atoms with E-state index in [-0.39, 0.29) is 0 Å². The van der Waals surface area contributed by atoms with E-state index in [2.05, 4.69) is 149 Å². The molecule has 9 rings (SSSR count). The predicted molar refractivity (Wildman–Crippen MR) is 209 cm³/mol. The highest BCUT2D eigenvalue weighted by Gasteiger charge is 2.19. The molecule has 0 aliphatic heterocycles. The summed E-state index contributed by atoms with van der Waals surface area (Å²) in [6, 6.07) is 60.9. The fourth-order valence-electron chi connectivity index (χ4n) is 7.21. The lowest BCUT2D eigenvalue weighted by molar-refractivity contribution is 1.06. The van der Waals surface area contributed by atoms with Gasteiger partial charge < -0.3 is 14.9 Å². The maximum atomic E-state index is 7.10. The first kappa shape index (κ1) is 29.4. The van der Waals surface area contributed by atoms with Gasteiger partial charge in [0.25, 0.3) is 0 Å². The summed E-state index contributed by atoms with van der Waals surface area (Å²) < 4.78 is 4.60. The Morgan fingerprint density at radius 2 is 0.800 bits per heavy atom. The molecular weight excluding hydrogens is 611 g/mol. The largest absolute Gasteiger partial charge is 0.383 e. The van der Waals surface area contributed by atoms with Crippen molar-refractivity contribution in [2.45, 2.75) is 6.54 Å². The Balaban J connectivity index is 1.26. The fraction of sp³-hybridized carbons (Fsp3) is 0.0222. The summed E-state index contributed by atoms with van der Waals surface area (Å²) in [6.07, 6.45) is 0. The van der Waals surface area contributed by atoms with E-state index >= 15 is 0 Å². The van der Waals surface area contributed by atoms with Crippen molar-refractivity contribution in [1.29, 1.82) is 0 Å². The van der Waals surface area contributed by atoms with E-state index in [4.69, 9.17) is 15.7 Å². The third-order valence-corrected chi connectivity index (χ3v) is 9.45. The Kier molecular flexibility index (Phi) is 7.29. The number of benzene rings is 7. The Morgan fingerprint density at radius 3 is 1.30 bits per heavy atom. The monoisotopic (exact) mass is 643 g/mol. The van der Waals surface area contributed by atoms with Gasteiger partial charge in [0.1, 0.15) is 5.84 Å². The molecule has 50 heavy (non-hydrogen) atoms. The van der Waals surface area contributed by atoms with Crippen molar-refractivity contribution < 1.29 is 0 Å². The molecule has 7 aromatic carbocycles. The van der Waals surface area contributed by atoms with Crippen molar-refractivity contribution in [2.24, 2.45) is 15.7 Å². The van der Waals surface area contributed by atoms with Crippen LogP contribution in [0.25, 0.3) is 55.0 Å². The van der Waals surface area contributed by atoms with E-state index in [1.165, 1.54) is 21.5 Å². The minimum atomic E-state index is 0.395. The predicted octanol–water partition coefficient (Wildman–Crippen LogP) is 10.2. The molecule has 0 fully saturated rings. The number of hydrogen-bond acceptors (Lipinski definition) is 1. The van der Waals surface area contributed by atoms with Gasteiger partial charge in [0, 0.05) is 32.7 Å². The summed E-state index contributed by atoms with van der Waals surface area (Å²) in [5, 5.41) is 4.78. The van der Waals surface area contributed by atoms with Crippen LogP contribution in [0.4, 0.5) is 0 Å². The van der Waals surface area contributed by atoms with E-state index in [0.717, 1.165) is 50.1 Å². The van der Waals surface area contributed by atoms with Crippen molar-refractivity contribution in [3.63, 3.8) is 0 Å². The SMILES string of the molecule is NC(=NC(=NCc1ccccc1)c1ccccc1-n1c2ccccc2c2ccccc21)c1ccccc1-n1c2ccccc2c2ccccc21. The molecule has 0 amide bonds. The number of aliphatic imine (C=N–C) groups is 2. The number of nitrogens with two attached hydrogens (primary N) is 1. The second kappa shape index (κ2) is 12.4. The molecule has 0 saturated carbocycles. The maximum Gasteiger partial charge on any atom is 0.159 e. The molecule has 238 valence electrons. The zero-order chi connectivity index (χ0) is 33.4. The summed E-state index contributed by atoms with van der Waals surface area (Å²) in [5.41, 5.74) is 16.3. The minimum absolute atomic E-state index is 0.395. The van der Waals surface area contributed by atoms with Crippen molar-refractivity contribution >= 4 is 55.3 Å². The molecule has 0 radical (unpaired) electrons. The highest BCUT2D eigenvalue weighted by Crippen LogP contribution is 2.35. The lowest BCUT2D eigenvalue weighted by Crippen LogP contribution is -2.19. The third kappa shape index (κ3) is 4.95. The van der Waals surface area contributed by atoms with Crippen molar-refractivity contribution in [1.82, 2.24) is 9.13 Å². The third-order valence-electron chi connectivity index (χ3n) is 9.45. The molecule has 0 saturated heterocycles. The molecular formula is C45H33N5. The van der Waals surface area contributed by atoms with Crippen molar-refractivity contribution in [3.8, 4) is 11.4 Å². The first-order valence-electron chi connectivity index (χ1n) is 16.8. The molecule has 2 aromatic heterocycles. The summed E-state index contributed by atoms with van der Waals surface area (Å²) >= 11 is 0. The molecule has 0 spiro atoms.